The Labute approximate surface area is 264 Å². The lowest BCUT2D eigenvalue weighted by Crippen LogP contribution is -2.76. The molecule has 6 nitrogen and oxygen atoms in total. The second-order valence-corrected chi connectivity index (χ2v) is 12.7. The zero-order valence-corrected chi connectivity index (χ0v) is 25.3. The molecule has 4 aromatic carbocycles. The molecule has 46 heavy (non-hydrogen) atoms. The first kappa shape index (κ1) is 24.3. The van der Waals surface area contributed by atoms with E-state index in [1.165, 1.54) is 60.8 Å². The van der Waals surface area contributed by atoms with Gasteiger partial charge >= 0.3 is 5.66 Å². The first-order valence-electron chi connectivity index (χ1n) is 15.7. The summed E-state index contributed by atoms with van der Waals surface area (Å²) in [5, 5.41) is 2.48. The molecule has 1 spiro atoms. The van der Waals surface area contributed by atoms with Crippen molar-refractivity contribution in [2.24, 2.45) is 0 Å². The highest BCUT2D eigenvalue weighted by Crippen LogP contribution is 2.55. The SMILES string of the molecule is Cc1cc(-c2ccncc2)cc(C)c1-c1cn2[n+](c1)C13c4c(cccc4-2)Oc2ccc4c5ccccc5n(c4c21)-c1cccc[n+]13. The Morgan fingerprint density at radius 3 is 2.39 bits per heavy atom. The van der Waals surface area contributed by atoms with Crippen LogP contribution in [0.3, 0.4) is 0 Å². The largest absolute Gasteiger partial charge is 0.456 e. The summed E-state index contributed by atoms with van der Waals surface area (Å²) in [4.78, 5) is 4.22. The van der Waals surface area contributed by atoms with E-state index in [0.717, 1.165) is 28.6 Å². The maximum Gasteiger partial charge on any atom is 0.397 e. The van der Waals surface area contributed by atoms with E-state index in [9.17, 15) is 0 Å². The highest BCUT2D eigenvalue weighted by molar-refractivity contribution is 6.11. The fourth-order valence-corrected chi connectivity index (χ4v) is 8.67. The predicted molar refractivity (Wildman–Crippen MR) is 177 cm³/mol. The predicted octanol–water partition coefficient (Wildman–Crippen LogP) is 7.53. The topological polar surface area (TPSA) is 39.7 Å². The molecule has 3 aliphatic rings. The summed E-state index contributed by atoms with van der Waals surface area (Å²) in [6.45, 7) is 4.45. The molecule has 8 aromatic rings. The fraction of sp³-hybridized carbons (Fsp3) is 0.0750. The van der Waals surface area contributed by atoms with Crippen LogP contribution in [0.1, 0.15) is 22.3 Å². The minimum absolute atomic E-state index is 0.684. The van der Waals surface area contributed by atoms with Crippen LogP contribution in [0, 0.1) is 13.8 Å². The van der Waals surface area contributed by atoms with Crippen LogP contribution in [0.5, 0.6) is 11.5 Å². The second kappa shape index (κ2) is 8.17. The molecular formula is C40H27N5O+2. The Morgan fingerprint density at radius 2 is 1.52 bits per heavy atom. The molecule has 0 fully saturated rings. The summed E-state index contributed by atoms with van der Waals surface area (Å²) in [7, 11) is 0. The number of fused-ring (bicyclic) bond motifs is 7. The number of para-hydroxylation sites is 1. The van der Waals surface area contributed by atoms with Gasteiger partial charge < -0.3 is 4.74 Å². The van der Waals surface area contributed by atoms with Crippen LogP contribution in [0.2, 0.25) is 0 Å². The van der Waals surface area contributed by atoms with E-state index in [1.54, 1.807) is 0 Å². The number of ether oxygens (including phenoxy) is 1. The van der Waals surface area contributed by atoms with Gasteiger partial charge in [0.1, 0.15) is 28.3 Å². The van der Waals surface area contributed by atoms with Gasteiger partial charge in [0.05, 0.1) is 18.0 Å². The van der Waals surface area contributed by atoms with E-state index in [4.69, 9.17) is 4.74 Å². The van der Waals surface area contributed by atoms with Gasteiger partial charge in [0.15, 0.2) is 11.1 Å². The number of benzene rings is 4. The molecule has 3 aliphatic heterocycles. The summed E-state index contributed by atoms with van der Waals surface area (Å²) in [5.74, 6) is 2.91. The Morgan fingerprint density at radius 1 is 0.717 bits per heavy atom. The third kappa shape index (κ3) is 2.69. The molecule has 0 saturated heterocycles. The minimum Gasteiger partial charge on any atom is -0.456 e. The summed E-state index contributed by atoms with van der Waals surface area (Å²) in [5.41, 5.74) is 12.5. The van der Waals surface area contributed by atoms with Crippen molar-refractivity contribution in [3.05, 3.63) is 150 Å². The number of aryl methyl sites for hydroxylation is 2. The number of hydrogen-bond acceptors (Lipinski definition) is 2. The number of pyridine rings is 2. The lowest BCUT2D eigenvalue weighted by Gasteiger charge is -2.32. The maximum absolute atomic E-state index is 6.79. The smallest absolute Gasteiger partial charge is 0.397 e. The van der Waals surface area contributed by atoms with E-state index in [-0.39, 0.29) is 0 Å². The lowest BCUT2D eigenvalue weighted by molar-refractivity contribution is -0.993. The van der Waals surface area contributed by atoms with Gasteiger partial charge in [-0.2, -0.15) is 9.13 Å². The lowest BCUT2D eigenvalue weighted by atomic mass is 9.84. The molecule has 0 bridgehead atoms. The molecule has 11 rings (SSSR count). The number of aromatic nitrogens is 5. The van der Waals surface area contributed by atoms with Crippen molar-refractivity contribution in [1.82, 2.24) is 14.2 Å². The summed E-state index contributed by atoms with van der Waals surface area (Å²) in [6.07, 6.45) is 10.6. The van der Waals surface area contributed by atoms with Gasteiger partial charge in [-0.3, -0.25) is 4.98 Å². The van der Waals surface area contributed by atoms with Gasteiger partial charge in [-0.25, -0.2) is 0 Å². The van der Waals surface area contributed by atoms with Gasteiger partial charge in [-0.05, 0) is 96.3 Å². The standard InChI is InChI=1S/C40H27N5O/c1-24-20-27(26-15-17-41-18-16-26)21-25(2)36(24)28-22-43-32-10-7-11-33-37(32)40(44(43)23-28)38-34(46-33)14-13-30-29-8-3-4-9-31(29)45(39(30)38)35-12-5-6-19-42(35)40/h3-23H,1-2H3/q+2. The van der Waals surface area contributed by atoms with Gasteiger partial charge in [0, 0.05) is 29.2 Å². The molecular weight excluding hydrogens is 566 g/mol. The third-order valence-electron chi connectivity index (χ3n) is 10.3. The molecule has 7 heterocycles. The van der Waals surface area contributed by atoms with Crippen LogP contribution in [-0.4, -0.2) is 14.2 Å². The number of nitrogens with zero attached hydrogens (tertiary/aromatic N) is 5. The van der Waals surface area contributed by atoms with Crippen molar-refractivity contribution < 1.29 is 14.0 Å². The van der Waals surface area contributed by atoms with Crippen molar-refractivity contribution in [3.63, 3.8) is 0 Å². The summed E-state index contributed by atoms with van der Waals surface area (Å²) in [6, 6.07) is 34.8. The van der Waals surface area contributed by atoms with Gasteiger partial charge in [0.2, 0.25) is 6.20 Å². The molecule has 0 amide bonds. The molecule has 0 N–H and O–H groups in total. The number of hydrogen-bond donors (Lipinski definition) is 0. The summed E-state index contributed by atoms with van der Waals surface area (Å²) < 4.78 is 16.4. The van der Waals surface area contributed by atoms with E-state index < -0.39 is 5.66 Å². The fourth-order valence-electron chi connectivity index (χ4n) is 8.67. The zero-order valence-electron chi connectivity index (χ0n) is 25.3. The Hall–Kier alpha value is -6.01. The zero-order chi connectivity index (χ0) is 30.3. The van der Waals surface area contributed by atoms with Gasteiger partial charge in [-0.15, -0.1) is 4.68 Å². The molecule has 0 radical (unpaired) electrons. The Balaban J connectivity index is 1.26. The van der Waals surface area contributed by atoms with Crippen LogP contribution in [0.4, 0.5) is 0 Å². The summed E-state index contributed by atoms with van der Waals surface area (Å²) >= 11 is 0. The van der Waals surface area contributed by atoms with Crippen molar-refractivity contribution in [1.29, 1.82) is 0 Å². The Kier molecular flexibility index (Phi) is 4.32. The van der Waals surface area contributed by atoms with E-state index in [2.05, 4.69) is 153 Å². The normalized spacial score (nSPS) is 16.3. The highest BCUT2D eigenvalue weighted by Gasteiger charge is 2.68. The minimum atomic E-state index is -0.684. The van der Waals surface area contributed by atoms with Crippen LogP contribution >= 0.6 is 0 Å². The van der Waals surface area contributed by atoms with Crippen molar-refractivity contribution in [2.75, 3.05) is 0 Å². The van der Waals surface area contributed by atoms with Crippen molar-refractivity contribution >= 4 is 21.8 Å². The highest BCUT2D eigenvalue weighted by atomic mass is 16.5. The first-order chi connectivity index (χ1) is 22.6. The molecule has 1 atom stereocenters. The second-order valence-electron chi connectivity index (χ2n) is 12.7. The van der Waals surface area contributed by atoms with Gasteiger partial charge in [0.25, 0.3) is 5.82 Å². The monoisotopic (exact) mass is 593 g/mol. The molecule has 6 heteroatoms. The average Bonchev–Trinajstić information content (AvgIpc) is 3.75. The van der Waals surface area contributed by atoms with Crippen molar-refractivity contribution in [3.8, 4) is 45.3 Å². The van der Waals surface area contributed by atoms with E-state index >= 15 is 0 Å². The van der Waals surface area contributed by atoms with Crippen molar-refractivity contribution in [2.45, 2.75) is 19.5 Å². The van der Waals surface area contributed by atoms with Gasteiger partial charge in [-0.1, -0.05) is 41.1 Å². The molecule has 4 aromatic heterocycles. The quantitative estimate of drug-likeness (QED) is 0.195. The third-order valence-corrected chi connectivity index (χ3v) is 10.3. The molecule has 0 aliphatic carbocycles. The number of rotatable bonds is 2. The average molecular weight is 594 g/mol. The maximum atomic E-state index is 6.79. The van der Waals surface area contributed by atoms with Crippen LogP contribution in [0.25, 0.3) is 55.6 Å². The molecule has 0 saturated carbocycles. The first-order valence-corrected chi connectivity index (χ1v) is 15.7. The van der Waals surface area contributed by atoms with Crippen LogP contribution < -0.4 is 14.0 Å². The van der Waals surface area contributed by atoms with E-state index in [1.807, 2.05) is 12.4 Å². The van der Waals surface area contributed by atoms with Crippen LogP contribution in [-0.2, 0) is 5.66 Å². The molecule has 216 valence electrons. The van der Waals surface area contributed by atoms with Crippen LogP contribution in [0.15, 0.2) is 128 Å². The van der Waals surface area contributed by atoms with E-state index in [0.29, 0.717) is 0 Å². The Bertz CT molecular complexity index is 2620. The molecule has 1 unspecified atom stereocenters.